The van der Waals surface area contributed by atoms with Gasteiger partial charge in [0.1, 0.15) is 23.2 Å². The van der Waals surface area contributed by atoms with Crippen LogP contribution < -0.4 is 4.74 Å². The Labute approximate surface area is 102 Å². The van der Waals surface area contributed by atoms with E-state index in [9.17, 15) is 4.39 Å². The Morgan fingerprint density at radius 1 is 1.56 bits per heavy atom. The van der Waals surface area contributed by atoms with Crippen LogP contribution in [0.4, 0.5) is 4.39 Å². The Hall–Kier alpha value is -1.08. The maximum atomic E-state index is 14.0. The van der Waals surface area contributed by atoms with Crippen molar-refractivity contribution in [1.82, 2.24) is 0 Å². The highest BCUT2D eigenvalue weighted by Gasteiger charge is 2.30. The Balaban J connectivity index is 2.60. The molecule has 0 saturated carbocycles. The zero-order valence-corrected chi connectivity index (χ0v) is 10.7. The smallest absolute Gasteiger partial charge is 0.149 e. The zero-order valence-electron chi connectivity index (χ0n) is 9.10. The van der Waals surface area contributed by atoms with Gasteiger partial charge in [0.2, 0.25) is 0 Å². The van der Waals surface area contributed by atoms with E-state index in [-0.39, 0.29) is 11.0 Å². The van der Waals surface area contributed by atoms with Crippen molar-refractivity contribution in [2.75, 3.05) is 6.61 Å². The molecule has 1 aromatic rings. The van der Waals surface area contributed by atoms with Crippen LogP contribution in [-0.2, 0) is 6.42 Å². The van der Waals surface area contributed by atoms with Crippen molar-refractivity contribution in [3.05, 3.63) is 27.5 Å². The van der Waals surface area contributed by atoms with Gasteiger partial charge in [-0.25, -0.2) is 4.39 Å². The average Bonchev–Trinajstić information content (AvgIpc) is 2.20. The molecule has 1 heterocycles. The quantitative estimate of drug-likeness (QED) is 0.731. The summed E-state index contributed by atoms with van der Waals surface area (Å²) in [6.45, 7) is 4.60. The molecule has 0 unspecified atom stereocenters. The lowest BCUT2D eigenvalue weighted by molar-refractivity contribution is 0.152. The first-order valence-electron chi connectivity index (χ1n) is 4.98. The van der Waals surface area contributed by atoms with E-state index in [1.165, 1.54) is 0 Å². The molecule has 2 rings (SSSR count). The fourth-order valence-corrected chi connectivity index (χ4v) is 2.31. The number of rotatable bonds is 0. The summed E-state index contributed by atoms with van der Waals surface area (Å²) in [6.07, 6.45) is 0.593. The van der Waals surface area contributed by atoms with Crippen LogP contribution in [0.5, 0.6) is 5.75 Å². The fraction of sp³-hybridized carbons (Fsp3) is 0.417. The van der Waals surface area contributed by atoms with E-state index < -0.39 is 5.82 Å². The van der Waals surface area contributed by atoms with Crippen LogP contribution in [0.1, 0.15) is 25.0 Å². The van der Waals surface area contributed by atoms with Crippen LogP contribution in [0.2, 0.25) is 0 Å². The molecular formula is C12H11BrFNO. The summed E-state index contributed by atoms with van der Waals surface area (Å²) in [5.74, 6) is 0.0855. The van der Waals surface area contributed by atoms with Crippen LogP contribution >= 0.6 is 15.9 Å². The van der Waals surface area contributed by atoms with Crippen molar-refractivity contribution in [3.8, 4) is 11.8 Å². The molecule has 0 atom stereocenters. The highest BCUT2D eigenvalue weighted by atomic mass is 79.9. The molecule has 84 valence electrons. The largest absolute Gasteiger partial charge is 0.493 e. The molecule has 0 spiro atoms. The second kappa shape index (κ2) is 3.74. The van der Waals surface area contributed by atoms with Gasteiger partial charge in [0, 0.05) is 15.5 Å². The van der Waals surface area contributed by atoms with Gasteiger partial charge in [-0.3, -0.25) is 0 Å². The Kier molecular flexibility index (Phi) is 2.67. The van der Waals surface area contributed by atoms with Gasteiger partial charge in [0.05, 0.1) is 6.61 Å². The zero-order chi connectivity index (χ0) is 11.9. The van der Waals surface area contributed by atoms with Crippen LogP contribution in [0, 0.1) is 22.6 Å². The number of benzene rings is 1. The van der Waals surface area contributed by atoms with Crippen molar-refractivity contribution in [2.24, 2.45) is 5.41 Å². The minimum Gasteiger partial charge on any atom is -0.493 e. The van der Waals surface area contributed by atoms with Crippen LogP contribution in [0.25, 0.3) is 0 Å². The van der Waals surface area contributed by atoms with Crippen molar-refractivity contribution in [1.29, 1.82) is 5.26 Å². The number of hydrogen-bond acceptors (Lipinski definition) is 2. The number of fused-ring (bicyclic) bond motifs is 1. The molecule has 16 heavy (non-hydrogen) atoms. The molecule has 1 aliphatic rings. The molecule has 0 aromatic heterocycles. The Morgan fingerprint density at radius 2 is 2.25 bits per heavy atom. The molecule has 0 bridgehead atoms. The second-order valence-electron chi connectivity index (χ2n) is 4.77. The number of ether oxygens (including phenoxy) is 1. The lowest BCUT2D eigenvalue weighted by Crippen LogP contribution is -2.29. The summed E-state index contributed by atoms with van der Waals surface area (Å²) in [5.41, 5.74) is 0.477. The van der Waals surface area contributed by atoms with Gasteiger partial charge in [-0.2, -0.15) is 5.26 Å². The molecule has 0 radical (unpaired) electrons. The first-order chi connectivity index (χ1) is 7.44. The van der Waals surface area contributed by atoms with E-state index in [4.69, 9.17) is 10.00 Å². The maximum Gasteiger partial charge on any atom is 0.149 e. The predicted octanol–water partition coefficient (Wildman–Crippen LogP) is 3.42. The summed E-state index contributed by atoms with van der Waals surface area (Å²) >= 11 is 3.17. The van der Waals surface area contributed by atoms with Crippen LogP contribution in [0.15, 0.2) is 10.5 Å². The second-order valence-corrected chi connectivity index (χ2v) is 5.62. The SMILES string of the molecule is CC1(C)COc2cc(Br)c(C#N)c(F)c2C1. The van der Waals surface area contributed by atoms with Crippen molar-refractivity contribution >= 4 is 15.9 Å². The third-order valence-electron chi connectivity index (χ3n) is 2.66. The molecule has 0 saturated heterocycles. The minimum atomic E-state index is -0.459. The Morgan fingerprint density at radius 3 is 2.88 bits per heavy atom. The van der Waals surface area contributed by atoms with Gasteiger partial charge in [-0.1, -0.05) is 13.8 Å². The van der Waals surface area contributed by atoms with Crippen LogP contribution in [0.3, 0.4) is 0 Å². The van der Waals surface area contributed by atoms with Gasteiger partial charge in [-0.15, -0.1) is 0 Å². The highest BCUT2D eigenvalue weighted by molar-refractivity contribution is 9.10. The molecule has 0 amide bonds. The lowest BCUT2D eigenvalue weighted by Gasteiger charge is -2.31. The molecule has 1 aliphatic heterocycles. The van der Waals surface area contributed by atoms with Gasteiger partial charge >= 0.3 is 0 Å². The third-order valence-corrected chi connectivity index (χ3v) is 3.29. The normalized spacial score (nSPS) is 17.2. The minimum absolute atomic E-state index is 0.0556. The van der Waals surface area contributed by atoms with E-state index in [1.54, 1.807) is 6.07 Å². The first kappa shape index (κ1) is 11.4. The number of hydrogen-bond donors (Lipinski definition) is 0. The topological polar surface area (TPSA) is 33.0 Å². The molecule has 0 fully saturated rings. The number of halogens is 2. The van der Waals surface area contributed by atoms with E-state index >= 15 is 0 Å². The van der Waals surface area contributed by atoms with E-state index in [0.717, 1.165) is 0 Å². The van der Waals surface area contributed by atoms with Gasteiger partial charge in [-0.05, 0) is 28.4 Å². The molecular weight excluding hydrogens is 273 g/mol. The predicted molar refractivity (Wildman–Crippen MR) is 61.8 cm³/mol. The van der Waals surface area contributed by atoms with E-state index in [0.29, 0.717) is 28.8 Å². The molecule has 4 heteroatoms. The standard InChI is InChI=1S/C12H11BrFNO/c1-12(2)4-7-10(16-6-12)3-9(13)8(5-15)11(7)14/h3H,4,6H2,1-2H3. The van der Waals surface area contributed by atoms with Gasteiger partial charge < -0.3 is 4.74 Å². The van der Waals surface area contributed by atoms with Crippen molar-refractivity contribution in [3.63, 3.8) is 0 Å². The van der Waals surface area contributed by atoms with E-state index in [1.807, 2.05) is 19.9 Å². The Bertz CT molecular complexity index is 491. The third kappa shape index (κ3) is 1.80. The fourth-order valence-electron chi connectivity index (χ4n) is 1.84. The molecule has 2 nitrogen and oxygen atoms in total. The first-order valence-corrected chi connectivity index (χ1v) is 5.78. The van der Waals surface area contributed by atoms with Crippen molar-refractivity contribution < 1.29 is 9.13 Å². The summed E-state index contributed by atoms with van der Waals surface area (Å²) in [6, 6.07) is 3.54. The number of nitrogens with zero attached hydrogens (tertiary/aromatic N) is 1. The van der Waals surface area contributed by atoms with Gasteiger partial charge in [0.15, 0.2) is 0 Å². The average molecular weight is 284 g/mol. The summed E-state index contributed by atoms with van der Waals surface area (Å²) in [4.78, 5) is 0. The summed E-state index contributed by atoms with van der Waals surface area (Å²) < 4.78 is 20.0. The highest BCUT2D eigenvalue weighted by Crippen LogP contribution is 2.39. The number of nitriles is 1. The monoisotopic (exact) mass is 283 g/mol. The lowest BCUT2D eigenvalue weighted by atomic mass is 9.84. The molecule has 0 N–H and O–H groups in total. The summed E-state index contributed by atoms with van der Waals surface area (Å²) in [5, 5.41) is 8.87. The van der Waals surface area contributed by atoms with Crippen LogP contribution in [-0.4, -0.2) is 6.61 Å². The van der Waals surface area contributed by atoms with Crippen molar-refractivity contribution in [2.45, 2.75) is 20.3 Å². The molecule has 0 aliphatic carbocycles. The summed E-state index contributed by atoms with van der Waals surface area (Å²) in [7, 11) is 0. The molecule has 1 aromatic carbocycles. The van der Waals surface area contributed by atoms with Gasteiger partial charge in [0.25, 0.3) is 0 Å². The van der Waals surface area contributed by atoms with E-state index in [2.05, 4.69) is 15.9 Å². The maximum absolute atomic E-state index is 14.0.